The lowest BCUT2D eigenvalue weighted by atomic mass is 10.1. The van der Waals surface area contributed by atoms with E-state index < -0.39 is 46.2 Å². The number of anilines is 2. The number of carbonyl (C=O) groups is 4. The van der Waals surface area contributed by atoms with Gasteiger partial charge in [-0.1, -0.05) is 6.07 Å². The molecule has 0 radical (unpaired) electrons. The number of ether oxygens (including phenoxy) is 1. The van der Waals surface area contributed by atoms with Crippen molar-refractivity contribution in [2.75, 3.05) is 29.4 Å². The maximum absolute atomic E-state index is 13.3. The fourth-order valence-electron chi connectivity index (χ4n) is 3.72. The molecule has 1 atom stereocenters. The lowest BCUT2D eigenvalue weighted by Gasteiger charge is -2.21. The number of sulfonamides is 1. The standard InChI is InChI=1S/C24H30N6O7S/c1-38(35,36)30-16-7-8-20-17(11-16)23(33)29-18(4-2-3-9-25)24(34)27-12-21(31)28-19-10-14(22(26)32)5-6-15(19)13-37-20/h5-8,10-11,18,30H,2-4,9,12-13,25H2,1H3,(H2,26,32)(H,27,34)(H,28,31)(H,29,33). The van der Waals surface area contributed by atoms with Gasteiger partial charge in [-0.3, -0.25) is 23.9 Å². The molecule has 0 fully saturated rings. The van der Waals surface area contributed by atoms with Crippen LogP contribution in [0.15, 0.2) is 36.4 Å². The lowest BCUT2D eigenvalue weighted by Crippen LogP contribution is -2.48. The first-order valence-electron chi connectivity index (χ1n) is 11.7. The molecular weight excluding hydrogens is 516 g/mol. The van der Waals surface area contributed by atoms with E-state index in [4.69, 9.17) is 16.2 Å². The summed E-state index contributed by atoms with van der Waals surface area (Å²) in [6, 6.07) is 7.50. The second-order valence-corrected chi connectivity index (χ2v) is 10.4. The topological polar surface area (TPSA) is 212 Å². The molecule has 0 spiro atoms. The zero-order valence-corrected chi connectivity index (χ0v) is 21.5. The molecule has 2 aromatic rings. The molecule has 0 saturated carbocycles. The van der Waals surface area contributed by atoms with E-state index in [2.05, 4.69) is 20.7 Å². The number of primary amides is 1. The van der Waals surface area contributed by atoms with Crippen LogP contribution in [0, 0.1) is 0 Å². The molecule has 0 aliphatic carbocycles. The predicted octanol–water partition coefficient (Wildman–Crippen LogP) is 0.0317. The van der Waals surface area contributed by atoms with Crippen LogP contribution >= 0.6 is 0 Å². The zero-order valence-electron chi connectivity index (χ0n) is 20.7. The van der Waals surface area contributed by atoms with Crippen LogP contribution in [0.3, 0.4) is 0 Å². The number of hydrogen-bond acceptors (Lipinski definition) is 8. The summed E-state index contributed by atoms with van der Waals surface area (Å²) in [7, 11) is -3.64. The second-order valence-electron chi connectivity index (χ2n) is 8.69. The number of hydrogen-bond donors (Lipinski definition) is 6. The van der Waals surface area contributed by atoms with Crippen LogP contribution < -0.4 is 36.9 Å². The van der Waals surface area contributed by atoms with Crippen LogP contribution in [0.4, 0.5) is 11.4 Å². The molecule has 13 nitrogen and oxygen atoms in total. The quantitative estimate of drug-likeness (QED) is 0.260. The highest BCUT2D eigenvalue weighted by Crippen LogP contribution is 2.27. The van der Waals surface area contributed by atoms with Crippen molar-refractivity contribution in [2.24, 2.45) is 11.5 Å². The first-order valence-corrected chi connectivity index (χ1v) is 13.6. The van der Waals surface area contributed by atoms with Gasteiger partial charge in [0, 0.05) is 22.5 Å². The Kier molecular flexibility index (Phi) is 9.25. The summed E-state index contributed by atoms with van der Waals surface area (Å²) in [6.45, 7) is -0.128. The molecule has 2 aromatic carbocycles. The van der Waals surface area contributed by atoms with Gasteiger partial charge in [0.05, 0.1) is 18.4 Å². The van der Waals surface area contributed by atoms with Gasteiger partial charge in [-0.2, -0.15) is 0 Å². The third-order valence-corrected chi connectivity index (χ3v) is 6.18. The van der Waals surface area contributed by atoms with Crippen LogP contribution in [0.5, 0.6) is 5.75 Å². The minimum atomic E-state index is -3.64. The Bertz CT molecular complexity index is 1350. The molecule has 14 heteroatoms. The largest absolute Gasteiger partial charge is 0.488 e. The summed E-state index contributed by atoms with van der Waals surface area (Å²) in [5.41, 5.74) is 11.9. The number of amides is 4. The van der Waals surface area contributed by atoms with E-state index in [0.29, 0.717) is 24.9 Å². The Morgan fingerprint density at radius 1 is 1.13 bits per heavy atom. The fourth-order valence-corrected chi connectivity index (χ4v) is 4.28. The van der Waals surface area contributed by atoms with Crippen LogP contribution in [-0.2, 0) is 26.2 Å². The van der Waals surface area contributed by atoms with Gasteiger partial charge in [-0.05, 0) is 56.1 Å². The fraction of sp³-hybridized carbons (Fsp3) is 0.333. The van der Waals surface area contributed by atoms with Gasteiger partial charge in [0.1, 0.15) is 18.4 Å². The minimum Gasteiger partial charge on any atom is -0.488 e. The summed E-state index contributed by atoms with van der Waals surface area (Å²) < 4.78 is 31.7. The first-order chi connectivity index (χ1) is 18.0. The summed E-state index contributed by atoms with van der Waals surface area (Å²) in [6.07, 6.45) is 2.36. The third kappa shape index (κ3) is 7.91. The van der Waals surface area contributed by atoms with Crippen LogP contribution in [0.2, 0.25) is 0 Å². The summed E-state index contributed by atoms with van der Waals surface area (Å²) in [4.78, 5) is 50.5. The van der Waals surface area contributed by atoms with Crippen molar-refractivity contribution in [3.05, 3.63) is 53.1 Å². The third-order valence-electron chi connectivity index (χ3n) is 5.57. The highest BCUT2D eigenvalue weighted by Gasteiger charge is 2.25. The van der Waals surface area contributed by atoms with Crippen molar-refractivity contribution in [3.8, 4) is 5.75 Å². The Labute approximate surface area is 219 Å². The molecule has 0 saturated heterocycles. The average Bonchev–Trinajstić information content (AvgIpc) is 2.84. The van der Waals surface area contributed by atoms with E-state index >= 15 is 0 Å². The number of carbonyl (C=O) groups excluding carboxylic acids is 4. The van der Waals surface area contributed by atoms with Crippen molar-refractivity contribution in [1.29, 1.82) is 0 Å². The van der Waals surface area contributed by atoms with Crippen molar-refractivity contribution >= 4 is 45.0 Å². The highest BCUT2D eigenvalue weighted by molar-refractivity contribution is 7.92. The number of unbranched alkanes of at least 4 members (excludes halogenated alkanes) is 1. The molecule has 0 aromatic heterocycles. The van der Waals surface area contributed by atoms with E-state index in [9.17, 15) is 27.6 Å². The molecule has 1 aliphatic rings. The van der Waals surface area contributed by atoms with Crippen molar-refractivity contribution in [1.82, 2.24) is 10.6 Å². The van der Waals surface area contributed by atoms with Gasteiger partial charge in [0.2, 0.25) is 27.7 Å². The molecule has 8 N–H and O–H groups in total. The Balaban J connectivity index is 2.04. The van der Waals surface area contributed by atoms with Crippen molar-refractivity contribution in [2.45, 2.75) is 31.9 Å². The number of rotatable bonds is 7. The van der Waals surface area contributed by atoms with Gasteiger partial charge >= 0.3 is 0 Å². The average molecular weight is 547 g/mol. The maximum atomic E-state index is 13.3. The van der Waals surface area contributed by atoms with Crippen molar-refractivity contribution in [3.63, 3.8) is 0 Å². The zero-order chi connectivity index (χ0) is 27.9. The Morgan fingerprint density at radius 3 is 2.58 bits per heavy atom. The summed E-state index contributed by atoms with van der Waals surface area (Å²) >= 11 is 0. The Hall–Kier alpha value is -4.17. The van der Waals surface area contributed by atoms with Gasteiger partial charge in [0.25, 0.3) is 5.91 Å². The summed E-state index contributed by atoms with van der Waals surface area (Å²) in [5.74, 6) is -2.46. The highest BCUT2D eigenvalue weighted by atomic mass is 32.2. The second kappa shape index (κ2) is 12.4. The number of benzene rings is 2. The summed E-state index contributed by atoms with van der Waals surface area (Å²) in [5, 5.41) is 7.80. The number of nitrogens with one attached hydrogen (secondary N) is 4. The molecular formula is C24H30N6O7S. The molecule has 204 valence electrons. The van der Waals surface area contributed by atoms with E-state index in [1.165, 1.54) is 36.4 Å². The molecule has 1 aliphatic heterocycles. The molecule has 4 amide bonds. The monoisotopic (exact) mass is 546 g/mol. The van der Waals surface area contributed by atoms with Gasteiger partial charge in [-0.25, -0.2) is 8.42 Å². The molecule has 0 bridgehead atoms. The van der Waals surface area contributed by atoms with E-state index in [0.717, 1.165) is 6.26 Å². The van der Waals surface area contributed by atoms with Crippen LogP contribution in [-0.4, -0.2) is 57.4 Å². The first kappa shape index (κ1) is 28.4. The van der Waals surface area contributed by atoms with Crippen molar-refractivity contribution < 1.29 is 32.3 Å². The minimum absolute atomic E-state index is 0.0216. The lowest BCUT2D eigenvalue weighted by molar-refractivity contribution is -0.125. The molecule has 1 unspecified atom stereocenters. The van der Waals surface area contributed by atoms with Gasteiger partial charge in [0.15, 0.2) is 0 Å². The Morgan fingerprint density at radius 2 is 1.89 bits per heavy atom. The van der Waals surface area contributed by atoms with Crippen LogP contribution in [0.1, 0.15) is 45.5 Å². The van der Waals surface area contributed by atoms with E-state index in [1.807, 2.05) is 0 Å². The maximum Gasteiger partial charge on any atom is 0.255 e. The number of nitrogens with two attached hydrogens (primary N) is 2. The molecule has 3 rings (SSSR count). The number of fused-ring (bicyclic) bond motifs is 2. The van der Waals surface area contributed by atoms with E-state index in [1.54, 1.807) is 0 Å². The molecule has 1 heterocycles. The van der Waals surface area contributed by atoms with E-state index in [-0.39, 0.29) is 41.3 Å². The molecule has 38 heavy (non-hydrogen) atoms. The smallest absolute Gasteiger partial charge is 0.255 e. The SMILES string of the molecule is CS(=O)(=O)Nc1ccc2c(c1)C(=O)NC(CCCCN)C(=O)NCC(=O)Nc1cc(C(N)=O)ccc1CO2. The van der Waals surface area contributed by atoms with Gasteiger partial charge in [-0.15, -0.1) is 0 Å². The predicted molar refractivity (Wildman–Crippen MR) is 140 cm³/mol. The van der Waals surface area contributed by atoms with Crippen LogP contribution in [0.25, 0.3) is 0 Å². The van der Waals surface area contributed by atoms with Gasteiger partial charge < -0.3 is 32.2 Å². The normalized spacial score (nSPS) is 16.5.